The largest absolute Gasteiger partial charge is 0.397 e. The maximum absolute atomic E-state index is 5.88. The lowest BCUT2D eigenvalue weighted by atomic mass is 10.2. The molecule has 0 amide bonds. The molecule has 1 aromatic carbocycles. The van der Waals surface area contributed by atoms with Crippen LogP contribution in [0.2, 0.25) is 0 Å². The van der Waals surface area contributed by atoms with Crippen molar-refractivity contribution in [1.82, 2.24) is 0 Å². The number of hydrogen-bond acceptors (Lipinski definition) is 4. The van der Waals surface area contributed by atoms with Gasteiger partial charge in [0.15, 0.2) is 0 Å². The summed E-state index contributed by atoms with van der Waals surface area (Å²) < 4.78 is 0. The molecule has 2 rings (SSSR count). The smallest absolute Gasteiger partial charge is 0.0568 e. The SMILES string of the molecule is CC(C)N(Cc1cccs1)c1ccc(N)c(N)c1. The van der Waals surface area contributed by atoms with E-state index in [9.17, 15) is 0 Å². The van der Waals surface area contributed by atoms with Crippen LogP contribution in [0.25, 0.3) is 0 Å². The van der Waals surface area contributed by atoms with Crippen LogP contribution in [0.4, 0.5) is 17.1 Å². The Bertz CT molecular complexity index is 506. The Morgan fingerprint density at radius 2 is 1.94 bits per heavy atom. The van der Waals surface area contributed by atoms with Crippen molar-refractivity contribution in [2.75, 3.05) is 16.4 Å². The van der Waals surface area contributed by atoms with E-state index in [-0.39, 0.29) is 0 Å². The lowest BCUT2D eigenvalue weighted by Crippen LogP contribution is -2.29. The van der Waals surface area contributed by atoms with Crippen molar-refractivity contribution in [2.24, 2.45) is 0 Å². The maximum atomic E-state index is 5.88. The number of rotatable bonds is 4. The zero-order valence-electron chi connectivity index (χ0n) is 10.8. The van der Waals surface area contributed by atoms with Gasteiger partial charge in [0.05, 0.1) is 17.9 Å². The molecule has 3 nitrogen and oxygen atoms in total. The number of anilines is 3. The molecule has 4 N–H and O–H groups in total. The molecular weight excluding hydrogens is 242 g/mol. The molecule has 0 fully saturated rings. The number of benzene rings is 1. The first kappa shape index (κ1) is 12.8. The first-order valence-electron chi connectivity index (χ1n) is 6.02. The van der Waals surface area contributed by atoms with Crippen LogP contribution in [0.15, 0.2) is 35.7 Å². The molecular formula is C14H19N3S. The van der Waals surface area contributed by atoms with Gasteiger partial charge in [-0.2, -0.15) is 0 Å². The standard InChI is InChI=1S/C14H19N3S/c1-10(2)17(9-12-4-3-7-18-12)11-5-6-13(15)14(16)8-11/h3-8,10H,9,15-16H2,1-2H3. The fourth-order valence-corrected chi connectivity index (χ4v) is 2.59. The molecule has 0 atom stereocenters. The van der Waals surface area contributed by atoms with Crippen LogP contribution in [-0.4, -0.2) is 6.04 Å². The zero-order valence-corrected chi connectivity index (χ0v) is 11.6. The molecule has 18 heavy (non-hydrogen) atoms. The van der Waals surface area contributed by atoms with E-state index < -0.39 is 0 Å². The summed E-state index contributed by atoms with van der Waals surface area (Å²) in [5.74, 6) is 0. The van der Waals surface area contributed by atoms with E-state index in [1.165, 1.54) is 4.88 Å². The quantitative estimate of drug-likeness (QED) is 0.830. The molecule has 96 valence electrons. The van der Waals surface area contributed by atoms with Crippen molar-refractivity contribution >= 4 is 28.4 Å². The molecule has 1 heterocycles. The summed E-state index contributed by atoms with van der Waals surface area (Å²) in [4.78, 5) is 3.67. The van der Waals surface area contributed by atoms with Crippen molar-refractivity contribution < 1.29 is 0 Å². The molecule has 0 saturated carbocycles. The molecule has 0 spiro atoms. The van der Waals surface area contributed by atoms with Gasteiger partial charge in [-0.25, -0.2) is 0 Å². The lowest BCUT2D eigenvalue weighted by Gasteiger charge is -2.29. The van der Waals surface area contributed by atoms with E-state index in [4.69, 9.17) is 11.5 Å². The highest BCUT2D eigenvalue weighted by molar-refractivity contribution is 7.09. The van der Waals surface area contributed by atoms with Gasteiger partial charge >= 0.3 is 0 Å². The third-order valence-electron chi connectivity index (χ3n) is 2.93. The van der Waals surface area contributed by atoms with Crippen molar-refractivity contribution in [2.45, 2.75) is 26.4 Å². The van der Waals surface area contributed by atoms with E-state index >= 15 is 0 Å². The molecule has 0 radical (unpaired) electrons. The van der Waals surface area contributed by atoms with Crippen molar-refractivity contribution in [3.63, 3.8) is 0 Å². The monoisotopic (exact) mass is 261 g/mol. The minimum atomic E-state index is 0.412. The van der Waals surface area contributed by atoms with Crippen LogP contribution in [0, 0.1) is 0 Å². The minimum absolute atomic E-state index is 0.412. The van der Waals surface area contributed by atoms with Crippen molar-refractivity contribution in [3.8, 4) is 0 Å². The van der Waals surface area contributed by atoms with E-state index in [1.807, 2.05) is 18.2 Å². The Morgan fingerprint density at radius 3 is 2.50 bits per heavy atom. The van der Waals surface area contributed by atoms with Gasteiger partial charge in [0.2, 0.25) is 0 Å². The van der Waals surface area contributed by atoms with Gasteiger partial charge < -0.3 is 16.4 Å². The Hall–Kier alpha value is -1.68. The molecule has 0 aliphatic rings. The Kier molecular flexibility index (Phi) is 3.77. The zero-order chi connectivity index (χ0) is 13.1. The average Bonchev–Trinajstić information content (AvgIpc) is 2.82. The highest BCUT2D eigenvalue weighted by Crippen LogP contribution is 2.26. The molecule has 4 heteroatoms. The summed E-state index contributed by atoms with van der Waals surface area (Å²) in [5.41, 5.74) is 14.0. The van der Waals surface area contributed by atoms with Crippen LogP contribution in [-0.2, 0) is 6.54 Å². The maximum Gasteiger partial charge on any atom is 0.0568 e. The second-order valence-electron chi connectivity index (χ2n) is 4.61. The fourth-order valence-electron chi connectivity index (χ4n) is 1.88. The first-order chi connectivity index (χ1) is 8.58. The lowest BCUT2D eigenvalue weighted by molar-refractivity contribution is 0.687. The topological polar surface area (TPSA) is 55.3 Å². The van der Waals surface area contributed by atoms with Gasteiger partial charge in [-0.15, -0.1) is 11.3 Å². The number of nitrogens with zero attached hydrogens (tertiary/aromatic N) is 1. The van der Waals surface area contributed by atoms with E-state index in [2.05, 4.69) is 36.3 Å². The Morgan fingerprint density at radius 1 is 1.17 bits per heavy atom. The van der Waals surface area contributed by atoms with E-state index in [0.717, 1.165) is 12.2 Å². The number of thiophene rings is 1. The highest BCUT2D eigenvalue weighted by Gasteiger charge is 2.12. The van der Waals surface area contributed by atoms with Crippen LogP contribution in [0.3, 0.4) is 0 Å². The molecule has 0 aliphatic heterocycles. The summed E-state index contributed by atoms with van der Waals surface area (Å²) >= 11 is 1.77. The molecule has 2 aromatic rings. The van der Waals surface area contributed by atoms with E-state index in [0.29, 0.717) is 17.4 Å². The Balaban J connectivity index is 2.26. The van der Waals surface area contributed by atoms with Gasteiger partial charge in [-0.05, 0) is 43.5 Å². The molecule has 1 aromatic heterocycles. The van der Waals surface area contributed by atoms with Crippen LogP contribution >= 0.6 is 11.3 Å². The molecule has 0 unspecified atom stereocenters. The Labute approximate surface area is 112 Å². The van der Waals surface area contributed by atoms with Crippen LogP contribution in [0.5, 0.6) is 0 Å². The molecule has 0 aliphatic carbocycles. The number of nitrogens with two attached hydrogens (primary N) is 2. The second-order valence-corrected chi connectivity index (χ2v) is 5.65. The third-order valence-corrected chi connectivity index (χ3v) is 3.79. The second kappa shape index (κ2) is 5.31. The minimum Gasteiger partial charge on any atom is -0.397 e. The normalized spacial score (nSPS) is 10.8. The van der Waals surface area contributed by atoms with Gasteiger partial charge in [0, 0.05) is 16.6 Å². The van der Waals surface area contributed by atoms with Crippen LogP contribution in [0.1, 0.15) is 18.7 Å². The summed E-state index contributed by atoms with van der Waals surface area (Å²) in [6.45, 7) is 5.26. The summed E-state index contributed by atoms with van der Waals surface area (Å²) in [5, 5.41) is 2.10. The molecule has 0 saturated heterocycles. The summed E-state index contributed by atoms with van der Waals surface area (Å²) in [7, 11) is 0. The van der Waals surface area contributed by atoms with Crippen LogP contribution < -0.4 is 16.4 Å². The summed E-state index contributed by atoms with van der Waals surface area (Å²) in [6, 6.07) is 10.5. The van der Waals surface area contributed by atoms with Crippen molar-refractivity contribution in [3.05, 3.63) is 40.6 Å². The van der Waals surface area contributed by atoms with Gasteiger partial charge in [0.1, 0.15) is 0 Å². The van der Waals surface area contributed by atoms with Crippen molar-refractivity contribution in [1.29, 1.82) is 0 Å². The third kappa shape index (κ3) is 2.76. The van der Waals surface area contributed by atoms with Gasteiger partial charge in [-0.3, -0.25) is 0 Å². The first-order valence-corrected chi connectivity index (χ1v) is 6.90. The highest BCUT2D eigenvalue weighted by atomic mass is 32.1. The number of hydrogen-bond donors (Lipinski definition) is 2. The molecule has 0 bridgehead atoms. The fraction of sp³-hybridized carbons (Fsp3) is 0.286. The summed E-state index contributed by atoms with van der Waals surface area (Å²) in [6.07, 6.45) is 0. The van der Waals surface area contributed by atoms with E-state index in [1.54, 1.807) is 11.3 Å². The van der Waals surface area contributed by atoms with Gasteiger partial charge in [0.25, 0.3) is 0 Å². The van der Waals surface area contributed by atoms with Gasteiger partial charge in [-0.1, -0.05) is 6.07 Å². The average molecular weight is 261 g/mol. The number of nitrogen functional groups attached to an aromatic ring is 2. The predicted octanol–water partition coefficient (Wildman–Crippen LogP) is 3.33. The predicted molar refractivity (Wildman–Crippen MR) is 80.9 cm³/mol.